The topological polar surface area (TPSA) is 37.8 Å². The SMILES string of the molecule is [B]c1nc(I)c2c(n1)CCNC2. The summed E-state index contributed by atoms with van der Waals surface area (Å²) in [4.78, 5) is 8.30. The van der Waals surface area contributed by atoms with Gasteiger partial charge in [-0.25, -0.2) is 9.97 Å². The lowest BCUT2D eigenvalue weighted by Gasteiger charge is -2.17. The Morgan fingerprint density at radius 3 is 3.08 bits per heavy atom. The molecule has 0 aromatic carbocycles. The minimum Gasteiger partial charge on any atom is -0.312 e. The third kappa shape index (κ3) is 1.47. The molecule has 60 valence electrons. The van der Waals surface area contributed by atoms with Gasteiger partial charge in [0.2, 0.25) is 0 Å². The molecule has 2 radical (unpaired) electrons. The molecule has 2 rings (SSSR count). The molecule has 2 heterocycles. The first kappa shape index (κ1) is 8.43. The van der Waals surface area contributed by atoms with E-state index in [0.717, 1.165) is 28.9 Å². The molecular formula is C7H7BIN3. The molecule has 1 aliphatic heterocycles. The minimum atomic E-state index is 0.389. The van der Waals surface area contributed by atoms with Crippen LogP contribution in [0.3, 0.4) is 0 Å². The lowest BCUT2D eigenvalue weighted by molar-refractivity contribution is 0.624. The van der Waals surface area contributed by atoms with Crippen LogP contribution >= 0.6 is 22.6 Å². The smallest absolute Gasteiger partial charge is 0.170 e. The van der Waals surface area contributed by atoms with Crippen LogP contribution in [0.15, 0.2) is 0 Å². The molecule has 3 nitrogen and oxygen atoms in total. The predicted molar refractivity (Wildman–Crippen MR) is 55.5 cm³/mol. The van der Waals surface area contributed by atoms with Gasteiger partial charge in [-0.3, -0.25) is 0 Å². The summed E-state index contributed by atoms with van der Waals surface area (Å²) in [5.41, 5.74) is 2.70. The maximum Gasteiger partial charge on any atom is 0.170 e. The van der Waals surface area contributed by atoms with Crippen LogP contribution in [0, 0.1) is 3.70 Å². The van der Waals surface area contributed by atoms with Gasteiger partial charge in [0.15, 0.2) is 7.85 Å². The first-order valence-corrected chi connectivity index (χ1v) is 4.87. The fourth-order valence-electron chi connectivity index (χ4n) is 1.32. The zero-order chi connectivity index (χ0) is 8.55. The van der Waals surface area contributed by atoms with Crippen LogP contribution in [0.25, 0.3) is 0 Å². The second-order valence-corrected chi connectivity index (χ2v) is 3.75. The summed E-state index contributed by atoms with van der Waals surface area (Å²) in [6.07, 6.45) is 0.956. The Bertz CT molecular complexity index is 316. The highest BCUT2D eigenvalue weighted by molar-refractivity contribution is 14.1. The van der Waals surface area contributed by atoms with Gasteiger partial charge in [0.1, 0.15) is 3.70 Å². The van der Waals surface area contributed by atoms with E-state index in [9.17, 15) is 0 Å². The minimum absolute atomic E-state index is 0.389. The van der Waals surface area contributed by atoms with E-state index in [4.69, 9.17) is 7.85 Å². The molecule has 0 saturated heterocycles. The van der Waals surface area contributed by atoms with Crippen molar-refractivity contribution in [3.63, 3.8) is 0 Å². The monoisotopic (exact) mass is 271 g/mol. The van der Waals surface area contributed by atoms with Crippen molar-refractivity contribution in [3.8, 4) is 0 Å². The number of halogens is 1. The van der Waals surface area contributed by atoms with Crippen molar-refractivity contribution in [1.29, 1.82) is 0 Å². The molecule has 0 spiro atoms. The van der Waals surface area contributed by atoms with Crippen LogP contribution < -0.4 is 11.0 Å². The second kappa shape index (κ2) is 3.29. The Morgan fingerprint density at radius 2 is 2.25 bits per heavy atom. The molecule has 0 atom stereocenters. The molecule has 0 amide bonds. The summed E-state index contributed by atoms with van der Waals surface area (Å²) < 4.78 is 0.974. The fraction of sp³-hybridized carbons (Fsp3) is 0.429. The molecule has 1 aromatic heterocycles. The van der Waals surface area contributed by atoms with E-state index in [-0.39, 0.29) is 0 Å². The van der Waals surface area contributed by atoms with Crippen LogP contribution in [-0.4, -0.2) is 24.4 Å². The molecule has 0 fully saturated rings. The molecular weight excluding hydrogens is 264 g/mol. The Hall–Kier alpha value is -0.165. The summed E-state index contributed by atoms with van der Waals surface area (Å²) in [6, 6.07) is 0. The average Bonchev–Trinajstić information content (AvgIpc) is 2.04. The van der Waals surface area contributed by atoms with Gasteiger partial charge in [-0.15, -0.1) is 0 Å². The zero-order valence-corrected chi connectivity index (χ0v) is 8.63. The molecule has 1 N–H and O–H groups in total. The molecule has 0 unspecified atom stereocenters. The Morgan fingerprint density at radius 1 is 1.42 bits per heavy atom. The number of fused-ring (bicyclic) bond motifs is 1. The molecule has 0 saturated carbocycles. The summed E-state index contributed by atoms with van der Waals surface area (Å²) in [6.45, 7) is 1.85. The zero-order valence-electron chi connectivity index (χ0n) is 6.47. The molecule has 5 heteroatoms. The van der Waals surface area contributed by atoms with Gasteiger partial charge in [-0.05, 0) is 22.6 Å². The maximum atomic E-state index is 5.54. The van der Waals surface area contributed by atoms with Gasteiger partial charge < -0.3 is 5.32 Å². The van der Waals surface area contributed by atoms with Crippen LogP contribution in [0.1, 0.15) is 11.3 Å². The van der Waals surface area contributed by atoms with Crippen molar-refractivity contribution in [3.05, 3.63) is 15.0 Å². The highest BCUT2D eigenvalue weighted by Gasteiger charge is 2.13. The highest BCUT2D eigenvalue weighted by atomic mass is 127. The van der Waals surface area contributed by atoms with Crippen LogP contribution in [0.5, 0.6) is 0 Å². The number of aromatic nitrogens is 2. The van der Waals surface area contributed by atoms with E-state index in [1.807, 2.05) is 0 Å². The van der Waals surface area contributed by atoms with Crippen molar-refractivity contribution in [2.24, 2.45) is 0 Å². The molecule has 0 aliphatic carbocycles. The Kier molecular flexibility index (Phi) is 2.32. The van der Waals surface area contributed by atoms with Gasteiger partial charge in [-0.2, -0.15) is 0 Å². The normalized spacial score (nSPS) is 15.8. The molecule has 0 bridgehead atoms. The third-order valence-electron chi connectivity index (χ3n) is 1.90. The van der Waals surface area contributed by atoms with Gasteiger partial charge in [0.25, 0.3) is 0 Å². The van der Waals surface area contributed by atoms with E-state index in [2.05, 4.69) is 37.9 Å². The van der Waals surface area contributed by atoms with Crippen molar-refractivity contribution in [2.45, 2.75) is 13.0 Å². The molecule has 1 aliphatic rings. The first-order chi connectivity index (χ1) is 5.77. The van der Waals surface area contributed by atoms with Crippen molar-refractivity contribution in [1.82, 2.24) is 15.3 Å². The van der Waals surface area contributed by atoms with Crippen molar-refractivity contribution < 1.29 is 0 Å². The van der Waals surface area contributed by atoms with Crippen molar-refractivity contribution in [2.75, 3.05) is 6.54 Å². The largest absolute Gasteiger partial charge is 0.312 e. The lowest BCUT2D eigenvalue weighted by Crippen LogP contribution is -2.30. The number of nitrogens with zero attached hydrogens (tertiary/aromatic N) is 2. The number of hydrogen-bond acceptors (Lipinski definition) is 3. The highest BCUT2D eigenvalue weighted by Crippen LogP contribution is 2.14. The van der Waals surface area contributed by atoms with E-state index < -0.39 is 0 Å². The summed E-state index contributed by atoms with van der Waals surface area (Å²) in [7, 11) is 5.54. The Labute approximate surface area is 85.9 Å². The maximum absolute atomic E-state index is 5.54. The van der Waals surface area contributed by atoms with Crippen molar-refractivity contribution >= 4 is 36.2 Å². The lowest BCUT2D eigenvalue weighted by atomic mass is 10.1. The Balaban J connectivity index is 2.53. The number of hydrogen-bond donors (Lipinski definition) is 1. The van der Waals surface area contributed by atoms with Gasteiger partial charge in [0.05, 0.1) is 5.72 Å². The molecule has 12 heavy (non-hydrogen) atoms. The van der Waals surface area contributed by atoms with Gasteiger partial charge in [0, 0.05) is 30.8 Å². The fourth-order valence-corrected chi connectivity index (χ4v) is 2.07. The second-order valence-electron chi connectivity index (χ2n) is 2.72. The van der Waals surface area contributed by atoms with E-state index in [1.165, 1.54) is 5.56 Å². The third-order valence-corrected chi connectivity index (χ3v) is 2.79. The summed E-state index contributed by atoms with van der Waals surface area (Å²) >= 11 is 2.20. The van der Waals surface area contributed by atoms with Crippen LogP contribution in [0.4, 0.5) is 0 Å². The quantitative estimate of drug-likeness (QED) is 0.393. The summed E-state index contributed by atoms with van der Waals surface area (Å²) in [5, 5.41) is 3.28. The van der Waals surface area contributed by atoms with E-state index in [1.54, 1.807) is 0 Å². The number of nitrogens with one attached hydrogen (secondary N) is 1. The average molecular weight is 271 g/mol. The van der Waals surface area contributed by atoms with E-state index >= 15 is 0 Å². The van der Waals surface area contributed by atoms with Gasteiger partial charge in [-0.1, -0.05) is 0 Å². The first-order valence-electron chi connectivity index (χ1n) is 3.79. The summed E-state index contributed by atoms with van der Waals surface area (Å²) in [5.74, 6) is 0. The number of rotatable bonds is 0. The predicted octanol–water partition coefficient (Wildman–Crippen LogP) is -0.479. The van der Waals surface area contributed by atoms with Crippen LogP contribution in [0.2, 0.25) is 0 Å². The van der Waals surface area contributed by atoms with Crippen LogP contribution in [-0.2, 0) is 13.0 Å². The van der Waals surface area contributed by atoms with Gasteiger partial charge >= 0.3 is 0 Å². The molecule has 1 aromatic rings. The van der Waals surface area contributed by atoms with E-state index in [0.29, 0.717) is 5.72 Å². The standard InChI is InChI=1S/C7H7BIN3/c8-7-11-5-1-2-10-3-4(5)6(9)12-7/h10H,1-3H2.